The van der Waals surface area contributed by atoms with Crippen LogP contribution in [0.2, 0.25) is 0 Å². The molecule has 4 heteroatoms. The van der Waals surface area contributed by atoms with E-state index in [-0.39, 0.29) is 0 Å². The third kappa shape index (κ3) is 2.59. The van der Waals surface area contributed by atoms with Crippen molar-refractivity contribution in [1.29, 1.82) is 0 Å². The van der Waals surface area contributed by atoms with Crippen LogP contribution in [0.4, 0.5) is 0 Å². The zero-order chi connectivity index (χ0) is 14.8. The highest BCUT2D eigenvalue weighted by molar-refractivity contribution is 5.82. The molecule has 0 atom stereocenters. The predicted octanol–water partition coefficient (Wildman–Crippen LogP) is 3.89. The first-order valence-corrected chi connectivity index (χ1v) is 7.32. The smallest absolute Gasteiger partial charge is 0.138 e. The highest BCUT2D eigenvalue weighted by Gasteiger charge is 2.13. The molecule has 0 radical (unpaired) electrons. The first-order chi connectivity index (χ1) is 10.2. The Morgan fingerprint density at radius 1 is 1.10 bits per heavy atom. The van der Waals surface area contributed by atoms with Crippen molar-refractivity contribution in [2.24, 2.45) is 0 Å². The van der Waals surface area contributed by atoms with E-state index in [2.05, 4.69) is 29.5 Å². The fourth-order valence-corrected chi connectivity index (χ4v) is 2.70. The van der Waals surface area contributed by atoms with Gasteiger partial charge >= 0.3 is 0 Å². The van der Waals surface area contributed by atoms with Gasteiger partial charge in [-0.25, -0.2) is 0 Å². The lowest BCUT2D eigenvalue weighted by molar-refractivity contribution is 0.392. The van der Waals surface area contributed by atoms with E-state index in [4.69, 9.17) is 8.94 Å². The summed E-state index contributed by atoms with van der Waals surface area (Å²) in [6, 6.07) is 8.19. The molecule has 0 aliphatic carbocycles. The van der Waals surface area contributed by atoms with Gasteiger partial charge in [-0.15, -0.1) is 0 Å². The highest BCUT2D eigenvalue weighted by atomic mass is 16.5. The Bertz CT molecular complexity index is 736. The molecule has 3 aromatic rings. The van der Waals surface area contributed by atoms with Crippen molar-refractivity contribution in [3.8, 4) is 0 Å². The number of aryl methyl sites for hydroxylation is 3. The van der Waals surface area contributed by atoms with Crippen LogP contribution in [-0.2, 0) is 19.5 Å². The molecule has 2 heterocycles. The molecule has 0 bridgehead atoms. The minimum Gasteiger partial charge on any atom is -0.461 e. The van der Waals surface area contributed by atoms with Gasteiger partial charge in [0, 0.05) is 36.0 Å². The minimum absolute atomic E-state index is 0.754. The summed E-state index contributed by atoms with van der Waals surface area (Å²) in [5.74, 6) is 1.94. The second-order valence-corrected chi connectivity index (χ2v) is 5.26. The van der Waals surface area contributed by atoms with Gasteiger partial charge in [-0.1, -0.05) is 30.3 Å². The standard InChI is InChI=1S/C17H20N2O2/c1-4-16-15(13-7-5-6-8-17(13)20-16)10-18-9-14-11(2)19-21-12(14)3/h5-8,18H,4,9-10H2,1-3H3. The summed E-state index contributed by atoms with van der Waals surface area (Å²) >= 11 is 0. The second-order valence-electron chi connectivity index (χ2n) is 5.26. The fourth-order valence-electron chi connectivity index (χ4n) is 2.70. The first kappa shape index (κ1) is 13.9. The Hall–Kier alpha value is -2.07. The molecule has 3 rings (SSSR count). The van der Waals surface area contributed by atoms with E-state index in [1.807, 2.05) is 26.0 Å². The van der Waals surface area contributed by atoms with Crippen LogP contribution in [0.5, 0.6) is 0 Å². The molecular weight excluding hydrogens is 264 g/mol. The van der Waals surface area contributed by atoms with Crippen molar-refractivity contribution in [2.45, 2.75) is 40.3 Å². The maximum atomic E-state index is 5.91. The molecule has 4 nitrogen and oxygen atoms in total. The Morgan fingerprint density at radius 3 is 2.57 bits per heavy atom. The predicted molar refractivity (Wildman–Crippen MR) is 82.1 cm³/mol. The molecule has 2 aromatic heterocycles. The average molecular weight is 284 g/mol. The summed E-state index contributed by atoms with van der Waals surface area (Å²) in [5, 5.41) is 8.66. The van der Waals surface area contributed by atoms with Crippen molar-refractivity contribution in [2.75, 3.05) is 0 Å². The van der Waals surface area contributed by atoms with Crippen LogP contribution < -0.4 is 5.32 Å². The number of aromatic nitrogens is 1. The van der Waals surface area contributed by atoms with Crippen LogP contribution in [0.25, 0.3) is 11.0 Å². The molecule has 110 valence electrons. The normalized spacial score (nSPS) is 11.4. The van der Waals surface area contributed by atoms with E-state index in [1.165, 1.54) is 10.9 Å². The van der Waals surface area contributed by atoms with Crippen molar-refractivity contribution in [3.05, 3.63) is 52.6 Å². The third-order valence-corrected chi connectivity index (χ3v) is 3.89. The number of furan rings is 1. The van der Waals surface area contributed by atoms with Gasteiger partial charge in [-0.05, 0) is 19.9 Å². The van der Waals surface area contributed by atoms with Crippen LogP contribution in [-0.4, -0.2) is 5.16 Å². The van der Waals surface area contributed by atoms with Gasteiger partial charge in [0.25, 0.3) is 0 Å². The summed E-state index contributed by atoms with van der Waals surface area (Å²) in [6.45, 7) is 7.57. The zero-order valence-electron chi connectivity index (χ0n) is 12.7. The number of para-hydroxylation sites is 1. The molecule has 21 heavy (non-hydrogen) atoms. The number of hydrogen-bond acceptors (Lipinski definition) is 4. The molecule has 0 fully saturated rings. The van der Waals surface area contributed by atoms with Gasteiger partial charge in [0.1, 0.15) is 17.1 Å². The van der Waals surface area contributed by atoms with Crippen LogP contribution in [0.15, 0.2) is 33.2 Å². The number of benzene rings is 1. The van der Waals surface area contributed by atoms with Crippen LogP contribution in [0.1, 0.15) is 35.3 Å². The van der Waals surface area contributed by atoms with Gasteiger partial charge in [-0.3, -0.25) is 0 Å². The number of fused-ring (bicyclic) bond motifs is 1. The van der Waals surface area contributed by atoms with Crippen molar-refractivity contribution < 1.29 is 8.94 Å². The van der Waals surface area contributed by atoms with E-state index >= 15 is 0 Å². The lowest BCUT2D eigenvalue weighted by atomic mass is 10.1. The number of nitrogens with zero attached hydrogens (tertiary/aromatic N) is 1. The third-order valence-electron chi connectivity index (χ3n) is 3.89. The maximum Gasteiger partial charge on any atom is 0.138 e. The summed E-state index contributed by atoms with van der Waals surface area (Å²) in [6.07, 6.45) is 0.900. The van der Waals surface area contributed by atoms with E-state index in [0.29, 0.717) is 0 Å². The average Bonchev–Trinajstić information content (AvgIpc) is 3.01. The molecule has 0 aliphatic heterocycles. The Kier molecular flexibility index (Phi) is 3.80. The maximum absolute atomic E-state index is 5.91. The van der Waals surface area contributed by atoms with Crippen LogP contribution >= 0.6 is 0 Å². The Morgan fingerprint density at radius 2 is 1.86 bits per heavy atom. The molecule has 1 aromatic carbocycles. The quantitative estimate of drug-likeness (QED) is 0.772. The van der Waals surface area contributed by atoms with Gasteiger partial charge in [-0.2, -0.15) is 0 Å². The lowest BCUT2D eigenvalue weighted by Gasteiger charge is -2.05. The zero-order valence-corrected chi connectivity index (χ0v) is 12.7. The summed E-state index contributed by atoms with van der Waals surface area (Å²) in [7, 11) is 0. The molecule has 0 saturated heterocycles. The SMILES string of the molecule is CCc1oc2ccccc2c1CNCc1c(C)noc1C. The largest absolute Gasteiger partial charge is 0.461 e. The van der Waals surface area contributed by atoms with E-state index in [9.17, 15) is 0 Å². The van der Waals surface area contributed by atoms with Crippen molar-refractivity contribution >= 4 is 11.0 Å². The Labute approximate surface area is 124 Å². The second kappa shape index (κ2) is 5.74. The van der Waals surface area contributed by atoms with Gasteiger partial charge in [0.05, 0.1) is 5.69 Å². The van der Waals surface area contributed by atoms with Gasteiger partial charge in [0.2, 0.25) is 0 Å². The van der Waals surface area contributed by atoms with Gasteiger partial charge in [0.15, 0.2) is 0 Å². The van der Waals surface area contributed by atoms with Crippen LogP contribution in [0.3, 0.4) is 0 Å². The Balaban J connectivity index is 1.79. The fraction of sp³-hybridized carbons (Fsp3) is 0.353. The highest BCUT2D eigenvalue weighted by Crippen LogP contribution is 2.26. The first-order valence-electron chi connectivity index (χ1n) is 7.32. The molecule has 0 aliphatic rings. The molecule has 0 saturated carbocycles. The summed E-state index contributed by atoms with van der Waals surface area (Å²) < 4.78 is 11.1. The molecular formula is C17H20N2O2. The lowest BCUT2D eigenvalue weighted by Crippen LogP contribution is -2.14. The monoisotopic (exact) mass is 284 g/mol. The summed E-state index contributed by atoms with van der Waals surface area (Å²) in [5.41, 5.74) is 4.30. The minimum atomic E-state index is 0.754. The van der Waals surface area contributed by atoms with E-state index in [1.54, 1.807) is 0 Å². The van der Waals surface area contributed by atoms with Gasteiger partial charge < -0.3 is 14.3 Å². The molecule has 0 amide bonds. The van der Waals surface area contributed by atoms with Crippen LogP contribution in [0, 0.1) is 13.8 Å². The van der Waals surface area contributed by atoms with E-state index < -0.39 is 0 Å². The topological polar surface area (TPSA) is 51.2 Å². The van der Waals surface area contributed by atoms with Crippen molar-refractivity contribution in [3.63, 3.8) is 0 Å². The number of rotatable bonds is 5. The molecule has 1 N–H and O–H groups in total. The summed E-state index contributed by atoms with van der Waals surface area (Å²) in [4.78, 5) is 0. The van der Waals surface area contributed by atoms with Crippen molar-refractivity contribution in [1.82, 2.24) is 10.5 Å². The van der Waals surface area contributed by atoms with E-state index in [0.717, 1.165) is 47.9 Å². The number of nitrogens with one attached hydrogen (secondary N) is 1. The number of hydrogen-bond donors (Lipinski definition) is 1. The molecule has 0 unspecified atom stereocenters. The molecule has 0 spiro atoms.